The molecular weight excluding hydrogens is 681 g/mol. The number of anilines is 6. The zero-order valence-corrected chi connectivity index (χ0v) is 30.6. The van der Waals surface area contributed by atoms with Gasteiger partial charge in [0.15, 0.2) is 0 Å². The molecule has 0 N–H and O–H groups in total. The average molecular weight is 717 g/mol. The van der Waals surface area contributed by atoms with Crippen LogP contribution in [-0.2, 0) is 0 Å². The minimum atomic E-state index is 0.585. The molecule has 0 aliphatic carbocycles. The first kappa shape index (κ1) is 35.1. The smallest absolute Gasteiger partial charge is 0.0998 e. The van der Waals surface area contributed by atoms with Gasteiger partial charge in [-0.2, -0.15) is 10.5 Å². The van der Waals surface area contributed by atoms with E-state index in [9.17, 15) is 10.5 Å². The van der Waals surface area contributed by atoms with Crippen LogP contribution < -0.4 is 9.80 Å². The summed E-state index contributed by atoms with van der Waals surface area (Å²) in [5.74, 6) is 0. The van der Waals surface area contributed by atoms with Crippen LogP contribution in [0.1, 0.15) is 22.3 Å². The summed E-state index contributed by atoms with van der Waals surface area (Å²) in [5, 5.41) is 22.5. The largest absolute Gasteiger partial charge is 0.311 e. The molecule has 0 amide bonds. The number of para-hydroxylation sites is 4. The molecule has 8 aromatic carbocycles. The van der Waals surface area contributed by atoms with Gasteiger partial charge in [0.1, 0.15) is 0 Å². The van der Waals surface area contributed by atoms with E-state index in [1.54, 1.807) is 0 Å². The van der Waals surface area contributed by atoms with Gasteiger partial charge in [0.2, 0.25) is 0 Å². The highest BCUT2D eigenvalue weighted by Gasteiger charge is 2.14. The number of nitriles is 2. The third-order valence-electron chi connectivity index (χ3n) is 9.68. The molecule has 0 radical (unpaired) electrons. The van der Waals surface area contributed by atoms with E-state index in [0.717, 1.165) is 67.2 Å². The summed E-state index contributed by atoms with van der Waals surface area (Å²) < 4.78 is 0. The van der Waals surface area contributed by atoms with Crippen molar-refractivity contribution in [3.8, 4) is 12.1 Å². The first-order valence-corrected chi connectivity index (χ1v) is 18.5. The normalized spacial score (nSPS) is 11.4. The minimum Gasteiger partial charge on any atom is -0.311 e. The maximum absolute atomic E-state index is 10.2. The van der Waals surface area contributed by atoms with Crippen LogP contribution in [0.2, 0.25) is 0 Å². The molecule has 0 aliphatic rings. The van der Waals surface area contributed by atoms with Crippen molar-refractivity contribution < 1.29 is 0 Å². The van der Waals surface area contributed by atoms with Crippen LogP contribution >= 0.6 is 0 Å². The summed E-state index contributed by atoms with van der Waals surface area (Å²) in [4.78, 5) is 4.41. The first-order chi connectivity index (χ1) is 27.7. The summed E-state index contributed by atoms with van der Waals surface area (Å²) in [7, 11) is 0. The molecule has 0 heterocycles. The second-order valence-corrected chi connectivity index (χ2v) is 13.3. The number of rotatable bonds is 10. The van der Waals surface area contributed by atoms with Gasteiger partial charge in [-0.3, -0.25) is 0 Å². The Kier molecular flexibility index (Phi) is 10.3. The SMILES string of the molecule is N#CC(=Cc1ccc2cc(C=C(C#N)c3ccc(N(c4ccccc4)c4ccccc4)cc3)ccc2c1)c1ccc(N(c2ccccc2)c2ccccc2)cc1. The summed E-state index contributed by atoms with van der Waals surface area (Å²) in [6.45, 7) is 0. The molecule has 4 heteroatoms. The monoisotopic (exact) mass is 716 g/mol. The molecule has 0 spiro atoms. The van der Waals surface area contributed by atoms with Crippen LogP contribution in [0.25, 0.3) is 34.1 Å². The fourth-order valence-corrected chi connectivity index (χ4v) is 6.94. The Hall–Kier alpha value is -7.92. The van der Waals surface area contributed by atoms with Crippen molar-refractivity contribution >= 4 is 68.2 Å². The zero-order chi connectivity index (χ0) is 38.1. The van der Waals surface area contributed by atoms with Crippen molar-refractivity contribution in [3.63, 3.8) is 0 Å². The van der Waals surface area contributed by atoms with E-state index in [4.69, 9.17) is 0 Å². The molecule has 0 saturated heterocycles. The van der Waals surface area contributed by atoms with Crippen molar-refractivity contribution in [1.29, 1.82) is 10.5 Å². The second-order valence-electron chi connectivity index (χ2n) is 13.3. The Balaban J connectivity index is 1.02. The maximum atomic E-state index is 10.2. The number of allylic oxidation sites excluding steroid dienone is 2. The van der Waals surface area contributed by atoms with Gasteiger partial charge in [-0.25, -0.2) is 0 Å². The maximum Gasteiger partial charge on any atom is 0.0998 e. The first-order valence-electron chi connectivity index (χ1n) is 18.5. The standard InChI is InChI=1S/C52H36N4/c53-37-45(41-25-29-51(30-26-41)55(47-13-5-1-6-14-47)48-15-7-2-8-16-48)35-39-21-23-44-34-40(22-24-43(44)33-39)36-46(38-54)42-27-31-52(32-28-42)56(49-17-9-3-10-18-49)50-19-11-4-12-20-50/h1-36H. The van der Waals surface area contributed by atoms with E-state index in [0.29, 0.717) is 11.1 Å². The quantitative estimate of drug-likeness (QED) is 0.104. The van der Waals surface area contributed by atoms with E-state index >= 15 is 0 Å². The molecule has 264 valence electrons. The molecular formula is C52H36N4. The summed E-state index contributed by atoms with van der Waals surface area (Å²) in [6, 6.07) is 74.5. The molecule has 4 nitrogen and oxygen atoms in total. The highest BCUT2D eigenvalue weighted by Crippen LogP contribution is 2.36. The van der Waals surface area contributed by atoms with E-state index < -0.39 is 0 Å². The van der Waals surface area contributed by atoms with Gasteiger partial charge in [0.25, 0.3) is 0 Å². The summed E-state index contributed by atoms with van der Waals surface area (Å²) >= 11 is 0. The van der Waals surface area contributed by atoms with Crippen molar-refractivity contribution in [2.45, 2.75) is 0 Å². The highest BCUT2D eigenvalue weighted by molar-refractivity contribution is 5.96. The zero-order valence-electron chi connectivity index (χ0n) is 30.6. The highest BCUT2D eigenvalue weighted by atomic mass is 15.1. The predicted octanol–water partition coefficient (Wildman–Crippen LogP) is 13.9. The lowest BCUT2D eigenvalue weighted by molar-refractivity contribution is 1.28. The Labute approximate surface area is 328 Å². The van der Waals surface area contributed by atoms with Gasteiger partial charge in [0, 0.05) is 34.1 Å². The van der Waals surface area contributed by atoms with Gasteiger partial charge in [-0.1, -0.05) is 121 Å². The molecule has 0 aromatic heterocycles. The molecule has 0 unspecified atom stereocenters. The average Bonchev–Trinajstić information content (AvgIpc) is 3.27. The van der Waals surface area contributed by atoms with Crippen molar-refractivity contribution in [3.05, 3.63) is 229 Å². The Bertz CT molecular complexity index is 2450. The number of nitrogens with zero attached hydrogens (tertiary/aromatic N) is 4. The molecule has 56 heavy (non-hydrogen) atoms. The Morgan fingerprint density at radius 1 is 0.339 bits per heavy atom. The van der Waals surface area contributed by atoms with E-state index in [-0.39, 0.29) is 0 Å². The number of hydrogen-bond acceptors (Lipinski definition) is 4. The second kappa shape index (κ2) is 16.4. The molecule has 0 bridgehead atoms. The number of fused-ring (bicyclic) bond motifs is 1. The Morgan fingerprint density at radius 2 is 0.625 bits per heavy atom. The third kappa shape index (κ3) is 7.73. The lowest BCUT2D eigenvalue weighted by Gasteiger charge is -2.25. The van der Waals surface area contributed by atoms with Gasteiger partial charge in [-0.15, -0.1) is 0 Å². The predicted molar refractivity (Wildman–Crippen MR) is 233 cm³/mol. The fourth-order valence-electron chi connectivity index (χ4n) is 6.94. The number of hydrogen-bond donors (Lipinski definition) is 0. The van der Waals surface area contributed by atoms with Gasteiger partial charge in [0.05, 0.1) is 23.3 Å². The lowest BCUT2D eigenvalue weighted by Crippen LogP contribution is -2.09. The van der Waals surface area contributed by atoms with Gasteiger partial charge < -0.3 is 9.80 Å². The van der Waals surface area contributed by atoms with Gasteiger partial charge in [-0.05, 0) is 130 Å². The van der Waals surface area contributed by atoms with Crippen molar-refractivity contribution in [2.75, 3.05) is 9.80 Å². The van der Waals surface area contributed by atoms with Gasteiger partial charge >= 0.3 is 0 Å². The molecule has 0 atom stereocenters. The molecule has 8 aromatic rings. The fraction of sp³-hybridized carbons (Fsp3) is 0. The molecule has 0 aliphatic heterocycles. The van der Waals surface area contributed by atoms with Crippen molar-refractivity contribution in [2.24, 2.45) is 0 Å². The topological polar surface area (TPSA) is 54.1 Å². The van der Waals surface area contributed by atoms with Crippen molar-refractivity contribution in [1.82, 2.24) is 0 Å². The number of benzene rings is 8. The minimum absolute atomic E-state index is 0.585. The summed E-state index contributed by atoms with van der Waals surface area (Å²) in [6.07, 6.45) is 3.87. The lowest BCUT2D eigenvalue weighted by atomic mass is 9.99. The van der Waals surface area contributed by atoms with Crippen LogP contribution in [0.3, 0.4) is 0 Å². The third-order valence-corrected chi connectivity index (χ3v) is 9.68. The Morgan fingerprint density at radius 3 is 0.911 bits per heavy atom. The van der Waals surface area contributed by atoms with Crippen LogP contribution in [-0.4, -0.2) is 0 Å². The van der Waals surface area contributed by atoms with Crippen LogP contribution in [0, 0.1) is 22.7 Å². The van der Waals surface area contributed by atoms with Crippen LogP contribution in [0.4, 0.5) is 34.1 Å². The molecule has 0 fully saturated rings. The molecule has 0 saturated carbocycles. The molecule has 8 rings (SSSR count). The van der Waals surface area contributed by atoms with E-state index in [2.05, 4.69) is 119 Å². The summed E-state index contributed by atoms with van der Waals surface area (Å²) in [5.41, 5.74) is 11.0. The van der Waals surface area contributed by atoms with E-state index in [1.807, 2.05) is 121 Å². The van der Waals surface area contributed by atoms with E-state index in [1.165, 1.54) is 0 Å². The van der Waals surface area contributed by atoms with Crippen LogP contribution in [0.5, 0.6) is 0 Å². The van der Waals surface area contributed by atoms with Crippen LogP contribution in [0.15, 0.2) is 206 Å².